The Morgan fingerprint density at radius 3 is 2.75 bits per heavy atom. The first-order chi connectivity index (χ1) is 13.3. The van der Waals surface area contributed by atoms with Crippen molar-refractivity contribution in [2.75, 3.05) is 18.6 Å². The first-order valence-corrected chi connectivity index (χ1v) is 9.33. The Bertz CT molecular complexity index is 977. The molecule has 2 heterocycles. The maximum absolute atomic E-state index is 13.7. The Hall–Kier alpha value is -3.09. The lowest BCUT2D eigenvalue weighted by atomic mass is 9.64. The Morgan fingerprint density at radius 1 is 1.32 bits per heavy atom. The van der Waals surface area contributed by atoms with Crippen LogP contribution in [-0.4, -0.2) is 31.3 Å². The van der Waals surface area contributed by atoms with E-state index in [1.54, 1.807) is 38.2 Å². The molecule has 0 fully saturated rings. The molecular formula is C21H22N2O5. The standard InChI is InChI=1S/C21H22N2O5/c1-4-27-19(25)17-18(22)28-15-10-11(2)9-14(24)16(15)21(17)12-7-5-6-8-13(12)23(3)20(21)26/h5-8,11H,4,9-10,22H2,1-3H3/t11-,21-/m0/s1. The Morgan fingerprint density at radius 2 is 2.04 bits per heavy atom. The first kappa shape index (κ1) is 18.3. The second-order valence-electron chi connectivity index (χ2n) is 7.43. The number of para-hydroxylation sites is 1. The van der Waals surface area contributed by atoms with E-state index in [0.717, 1.165) is 0 Å². The minimum Gasteiger partial charge on any atom is -0.462 e. The van der Waals surface area contributed by atoms with Gasteiger partial charge in [-0.3, -0.25) is 9.59 Å². The van der Waals surface area contributed by atoms with Gasteiger partial charge in [-0.1, -0.05) is 25.1 Å². The molecule has 0 unspecified atom stereocenters. The van der Waals surface area contributed by atoms with Crippen molar-refractivity contribution < 1.29 is 23.9 Å². The molecule has 146 valence electrons. The van der Waals surface area contributed by atoms with Gasteiger partial charge < -0.3 is 20.1 Å². The molecule has 7 nitrogen and oxygen atoms in total. The summed E-state index contributed by atoms with van der Waals surface area (Å²) < 4.78 is 11.0. The van der Waals surface area contributed by atoms with E-state index in [9.17, 15) is 14.4 Å². The molecule has 1 aromatic rings. The van der Waals surface area contributed by atoms with Gasteiger partial charge in [-0.15, -0.1) is 0 Å². The molecule has 7 heteroatoms. The monoisotopic (exact) mass is 382 g/mol. The van der Waals surface area contributed by atoms with Gasteiger partial charge in [-0.05, 0) is 18.9 Å². The van der Waals surface area contributed by atoms with Crippen molar-refractivity contribution in [3.8, 4) is 0 Å². The van der Waals surface area contributed by atoms with Crippen LogP contribution < -0.4 is 10.6 Å². The average molecular weight is 382 g/mol. The molecule has 0 aromatic heterocycles. The molecule has 0 radical (unpaired) electrons. The molecule has 3 aliphatic rings. The minimum atomic E-state index is -1.63. The number of amides is 1. The normalized spacial score (nSPS) is 26.4. The number of rotatable bonds is 2. The largest absolute Gasteiger partial charge is 0.462 e. The number of Topliss-reactive ketones (excluding diaryl/α,β-unsaturated/α-hetero) is 1. The molecule has 1 aliphatic carbocycles. The third-order valence-corrected chi connectivity index (χ3v) is 5.63. The van der Waals surface area contributed by atoms with Crippen molar-refractivity contribution in [2.24, 2.45) is 11.7 Å². The van der Waals surface area contributed by atoms with E-state index in [1.165, 1.54) is 4.90 Å². The number of carbonyl (C=O) groups excluding carboxylic acids is 3. The lowest BCUT2D eigenvalue weighted by Crippen LogP contribution is -2.51. The van der Waals surface area contributed by atoms with Crippen molar-refractivity contribution in [3.05, 3.63) is 52.6 Å². The topological polar surface area (TPSA) is 98.9 Å². The fourth-order valence-electron chi connectivity index (χ4n) is 4.57. The van der Waals surface area contributed by atoms with E-state index in [2.05, 4.69) is 0 Å². The van der Waals surface area contributed by atoms with Gasteiger partial charge in [0.2, 0.25) is 11.8 Å². The van der Waals surface area contributed by atoms with E-state index >= 15 is 0 Å². The molecular weight excluding hydrogens is 360 g/mol. The van der Waals surface area contributed by atoms with Crippen LogP contribution in [-0.2, 0) is 29.3 Å². The molecule has 0 saturated carbocycles. The predicted molar refractivity (Wildman–Crippen MR) is 101 cm³/mol. The van der Waals surface area contributed by atoms with Crippen LogP contribution in [0.3, 0.4) is 0 Å². The summed E-state index contributed by atoms with van der Waals surface area (Å²) in [5.74, 6) is -1.12. The Kier molecular flexibility index (Phi) is 4.06. The Labute approximate surface area is 162 Å². The highest BCUT2D eigenvalue weighted by atomic mass is 16.5. The van der Waals surface area contributed by atoms with E-state index in [-0.39, 0.29) is 41.8 Å². The fraction of sp³-hybridized carbons (Fsp3) is 0.381. The summed E-state index contributed by atoms with van der Waals surface area (Å²) in [7, 11) is 1.63. The summed E-state index contributed by atoms with van der Waals surface area (Å²) in [5.41, 5.74) is 5.81. The number of nitrogens with zero attached hydrogens (tertiary/aromatic N) is 1. The number of hydrogen-bond acceptors (Lipinski definition) is 6. The van der Waals surface area contributed by atoms with Crippen LogP contribution in [0.4, 0.5) is 5.69 Å². The van der Waals surface area contributed by atoms with Crippen LogP contribution in [0.5, 0.6) is 0 Å². The third-order valence-electron chi connectivity index (χ3n) is 5.63. The van der Waals surface area contributed by atoms with Gasteiger partial charge >= 0.3 is 5.97 Å². The van der Waals surface area contributed by atoms with Crippen molar-refractivity contribution in [1.82, 2.24) is 0 Å². The maximum atomic E-state index is 13.7. The number of carbonyl (C=O) groups is 3. The van der Waals surface area contributed by atoms with Gasteiger partial charge in [0.15, 0.2) is 5.78 Å². The molecule has 0 bridgehead atoms. The van der Waals surface area contributed by atoms with Crippen molar-refractivity contribution in [3.63, 3.8) is 0 Å². The zero-order chi connectivity index (χ0) is 20.2. The highest BCUT2D eigenvalue weighted by Gasteiger charge is 2.63. The number of ether oxygens (including phenoxy) is 2. The summed E-state index contributed by atoms with van der Waals surface area (Å²) in [6.07, 6.45) is 0.748. The van der Waals surface area contributed by atoms with Crippen LogP contribution in [0.15, 0.2) is 47.1 Å². The molecule has 1 aromatic carbocycles. The summed E-state index contributed by atoms with van der Waals surface area (Å²) in [6.45, 7) is 3.71. The molecule has 2 aliphatic heterocycles. The van der Waals surface area contributed by atoms with Crippen LogP contribution in [0.25, 0.3) is 0 Å². The van der Waals surface area contributed by atoms with E-state index in [1.807, 2.05) is 6.92 Å². The molecule has 2 N–H and O–H groups in total. The summed E-state index contributed by atoms with van der Waals surface area (Å²) >= 11 is 0. The predicted octanol–water partition coefficient (Wildman–Crippen LogP) is 1.92. The fourth-order valence-corrected chi connectivity index (χ4v) is 4.57. The lowest BCUT2D eigenvalue weighted by Gasteiger charge is -2.39. The van der Waals surface area contributed by atoms with Gasteiger partial charge in [0.1, 0.15) is 16.7 Å². The number of nitrogens with two attached hydrogens (primary N) is 1. The SMILES string of the molecule is CCOC(=O)C1=C(N)OC2=C(C(=O)C[C@H](C)C2)[C@]12C(=O)N(C)c1ccccc12. The maximum Gasteiger partial charge on any atom is 0.341 e. The third kappa shape index (κ3) is 2.19. The number of likely N-dealkylation sites (N-methyl/N-ethyl adjacent to an activating group) is 1. The molecule has 2 atom stereocenters. The molecule has 0 saturated heterocycles. The van der Waals surface area contributed by atoms with Gasteiger partial charge in [0, 0.05) is 31.1 Å². The molecule has 28 heavy (non-hydrogen) atoms. The van der Waals surface area contributed by atoms with Crippen molar-refractivity contribution in [1.29, 1.82) is 0 Å². The van der Waals surface area contributed by atoms with Gasteiger partial charge in [0.05, 0.1) is 12.2 Å². The number of fused-ring (bicyclic) bond motifs is 3. The van der Waals surface area contributed by atoms with Crippen LogP contribution in [0.2, 0.25) is 0 Å². The van der Waals surface area contributed by atoms with Crippen LogP contribution in [0.1, 0.15) is 32.3 Å². The van der Waals surface area contributed by atoms with Gasteiger partial charge in [0.25, 0.3) is 0 Å². The van der Waals surface area contributed by atoms with Gasteiger partial charge in [-0.25, -0.2) is 4.79 Å². The number of ketones is 1. The first-order valence-electron chi connectivity index (χ1n) is 9.33. The molecule has 1 spiro atoms. The molecule has 1 amide bonds. The zero-order valence-corrected chi connectivity index (χ0v) is 16.1. The number of benzene rings is 1. The zero-order valence-electron chi connectivity index (χ0n) is 16.1. The van der Waals surface area contributed by atoms with Gasteiger partial charge in [-0.2, -0.15) is 0 Å². The van der Waals surface area contributed by atoms with Crippen molar-refractivity contribution >= 4 is 23.3 Å². The summed E-state index contributed by atoms with van der Waals surface area (Å²) in [6, 6.07) is 7.12. The number of allylic oxidation sites excluding steroid dienone is 1. The van der Waals surface area contributed by atoms with Crippen LogP contribution >= 0.6 is 0 Å². The summed E-state index contributed by atoms with van der Waals surface area (Å²) in [4.78, 5) is 41.2. The van der Waals surface area contributed by atoms with E-state index < -0.39 is 17.3 Å². The second-order valence-corrected chi connectivity index (χ2v) is 7.43. The Balaban J connectivity index is 2.09. The lowest BCUT2D eigenvalue weighted by molar-refractivity contribution is -0.141. The molecule has 4 rings (SSSR count). The second kappa shape index (κ2) is 6.22. The number of esters is 1. The highest BCUT2D eigenvalue weighted by molar-refractivity contribution is 6.23. The number of anilines is 1. The summed E-state index contributed by atoms with van der Waals surface area (Å²) in [5, 5.41) is 0. The van der Waals surface area contributed by atoms with Crippen LogP contribution in [0, 0.1) is 5.92 Å². The van der Waals surface area contributed by atoms with E-state index in [4.69, 9.17) is 15.2 Å². The quantitative estimate of drug-likeness (QED) is 0.785. The highest BCUT2D eigenvalue weighted by Crippen LogP contribution is 2.56. The average Bonchev–Trinajstić information content (AvgIpc) is 2.84. The number of hydrogen-bond donors (Lipinski definition) is 1. The minimum absolute atomic E-state index is 0.0599. The van der Waals surface area contributed by atoms with Crippen molar-refractivity contribution in [2.45, 2.75) is 32.1 Å². The van der Waals surface area contributed by atoms with E-state index in [0.29, 0.717) is 23.4 Å². The smallest absolute Gasteiger partial charge is 0.341 e.